The molecule has 3 aromatic carbocycles. The number of thiophene rings is 1. The van der Waals surface area contributed by atoms with E-state index in [0.29, 0.717) is 0 Å². The average Bonchev–Trinajstić information content (AvgIpc) is 3.00. The molecule has 0 saturated carbocycles. The van der Waals surface area contributed by atoms with Gasteiger partial charge in [-0.25, -0.2) is 0 Å². The third-order valence-electron chi connectivity index (χ3n) is 3.75. The van der Waals surface area contributed by atoms with E-state index in [4.69, 9.17) is 0 Å². The molecular weight excluding hydrogens is 296 g/mol. The van der Waals surface area contributed by atoms with Crippen LogP contribution in [0.5, 0.6) is 0 Å². The second kappa shape index (κ2) is 6.12. The number of rotatable bonds is 1. The number of fused-ring (bicyclic) bond motifs is 1. The molecule has 4 rings (SSSR count). The fourth-order valence-corrected chi connectivity index (χ4v) is 3.75. The Balaban J connectivity index is 1.92. The summed E-state index contributed by atoms with van der Waals surface area (Å²) in [7, 11) is 0. The Labute approximate surface area is 140 Å². The van der Waals surface area contributed by atoms with E-state index in [0.717, 1.165) is 10.4 Å². The van der Waals surface area contributed by atoms with Gasteiger partial charge in [0.1, 0.15) is 0 Å². The van der Waals surface area contributed by atoms with Crippen molar-refractivity contribution in [3.05, 3.63) is 95.4 Å². The van der Waals surface area contributed by atoms with Crippen molar-refractivity contribution in [2.45, 2.75) is 0 Å². The van der Waals surface area contributed by atoms with Gasteiger partial charge in [-0.2, -0.15) is 0 Å². The van der Waals surface area contributed by atoms with Crippen LogP contribution in [0.4, 0.5) is 0 Å². The zero-order valence-electron chi connectivity index (χ0n) is 12.5. The van der Waals surface area contributed by atoms with Crippen LogP contribution >= 0.6 is 11.3 Å². The Kier molecular flexibility index (Phi) is 3.68. The molecule has 0 aliphatic heterocycles. The highest BCUT2D eigenvalue weighted by Gasteiger charge is 2.11. The lowest BCUT2D eigenvalue weighted by Crippen LogP contribution is -1.79. The van der Waals surface area contributed by atoms with Gasteiger partial charge in [0, 0.05) is 21.2 Å². The highest BCUT2D eigenvalue weighted by molar-refractivity contribution is 7.20. The van der Waals surface area contributed by atoms with E-state index in [1.165, 1.54) is 21.2 Å². The fourth-order valence-electron chi connectivity index (χ4n) is 2.68. The molecule has 0 radical (unpaired) electrons. The summed E-state index contributed by atoms with van der Waals surface area (Å²) in [5, 5.41) is 1.28. The molecule has 0 fully saturated rings. The Hall–Kier alpha value is -2.82. The van der Waals surface area contributed by atoms with Gasteiger partial charge in [-0.15, -0.1) is 11.3 Å². The second-order valence-corrected chi connectivity index (χ2v) is 6.34. The van der Waals surface area contributed by atoms with Crippen LogP contribution in [0.2, 0.25) is 0 Å². The molecule has 23 heavy (non-hydrogen) atoms. The molecule has 0 nitrogen and oxygen atoms in total. The van der Waals surface area contributed by atoms with Crippen LogP contribution in [-0.2, 0) is 0 Å². The van der Waals surface area contributed by atoms with E-state index in [1.807, 2.05) is 36.4 Å². The third-order valence-corrected chi connectivity index (χ3v) is 4.84. The minimum absolute atomic E-state index is 1.05. The van der Waals surface area contributed by atoms with Gasteiger partial charge in [0.2, 0.25) is 0 Å². The Morgan fingerprint density at radius 2 is 1.26 bits per heavy atom. The van der Waals surface area contributed by atoms with Gasteiger partial charge in [0.05, 0.1) is 4.88 Å². The number of hydrogen-bond donors (Lipinski definition) is 0. The first-order valence-corrected chi connectivity index (χ1v) is 8.37. The van der Waals surface area contributed by atoms with Crippen LogP contribution in [0.15, 0.2) is 84.9 Å². The molecule has 1 aromatic heterocycles. The maximum Gasteiger partial charge on any atom is 0.0863 e. The molecule has 0 N–H and O–H groups in total. The quantitative estimate of drug-likeness (QED) is 0.380. The van der Waals surface area contributed by atoms with Gasteiger partial charge in [-0.3, -0.25) is 0 Å². The molecule has 1 heteroatoms. The van der Waals surface area contributed by atoms with E-state index in [9.17, 15) is 0 Å². The molecule has 4 aromatic rings. The van der Waals surface area contributed by atoms with Crippen molar-refractivity contribution in [1.29, 1.82) is 0 Å². The summed E-state index contributed by atoms with van der Waals surface area (Å²) in [6.45, 7) is 0. The minimum Gasteiger partial charge on any atom is -0.126 e. The molecule has 108 valence electrons. The number of benzene rings is 3. The lowest BCUT2D eigenvalue weighted by molar-refractivity contribution is 1.64. The van der Waals surface area contributed by atoms with Crippen LogP contribution in [-0.4, -0.2) is 0 Å². The zero-order chi connectivity index (χ0) is 15.5. The predicted molar refractivity (Wildman–Crippen MR) is 99.7 cm³/mol. The summed E-state index contributed by atoms with van der Waals surface area (Å²) in [5.74, 6) is 6.68. The van der Waals surface area contributed by atoms with Crippen LogP contribution in [0, 0.1) is 11.8 Å². The van der Waals surface area contributed by atoms with Crippen molar-refractivity contribution in [2.75, 3.05) is 0 Å². The van der Waals surface area contributed by atoms with Crippen molar-refractivity contribution in [1.82, 2.24) is 0 Å². The Bertz CT molecular complexity index is 999. The molecule has 0 spiro atoms. The lowest BCUT2D eigenvalue weighted by Gasteiger charge is -2.01. The maximum absolute atomic E-state index is 3.39. The van der Waals surface area contributed by atoms with Gasteiger partial charge in [0.25, 0.3) is 0 Å². The molecule has 0 bridgehead atoms. The average molecular weight is 310 g/mol. The van der Waals surface area contributed by atoms with Crippen molar-refractivity contribution in [3.8, 4) is 23.0 Å². The highest BCUT2D eigenvalue weighted by Crippen LogP contribution is 2.38. The summed E-state index contributed by atoms with van der Waals surface area (Å²) >= 11 is 1.76. The molecule has 0 unspecified atom stereocenters. The SMILES string of the molecule is C(#Cc1sc2ccccc2c1-c1ccccc1)c1ccccc1. The zero-order valence-corrected chi connectivity index (χ0v) is 13.3. The summed E-state index contributed by atoms with van der Waals surface area (Å²) in [4.78, 5) is 1.13. The number of hydrogen-bond acceptors (Lipinski definition) is 1. The summed E-state index contributed by atoms with van der Waals surface area (Å²) < 4.78 is 1.28. The first-order chi connectivity index (χ1) is 11.4. The largest absolute Gasteiger partial charge is 0.126 e. The Morgan fingerprint density at radius 3 is 2.04 bits per heavy atom. The molecule has 0 saturated heterocycles. The lowest BCUT2D eigenvalue weighted by atomic mass is 10.0. The van der Waals surface area contributed by atoms with Crippen LogP contribution < -0.4 is 0 Å². The summed E-state index contributed by atoms with van der Waals surface area (Å²) in [6.07, 6.45) is 0. The van der Waals surface area contributed by atoms with Crippen molar-refractivity contribution < 1.29 is 0 Å². The smallest absolute Gasteiger partial charge is 0.0863 e. The van der Waals surface area contributed by atoms with Gasteiger partial charge >= 0.3 is 0 Å². The van der Waals surface area contributed by atoms with Crippen molar-refractivity contribution in [3.63, 3.8) is 0 Å². The van der Waals surface area contributed by atoms with Crippen LogP contribution in [0.1, 0.15) is 10.4 Å². The normalized spacial score (nSPS) is 10.3. The first kappa shape index (κ1) is 13.8. The predicted octanol–water partition coefficient (Wildman–Crippen LogP) is 5.97. The second-order valence-electron chi connectivity index (χ2n) is 5.28. The standard InChI is InChI=1S/C22H14S/c1-3-9-17(10-4-1)15-16-21-22(18-11-5-2-6-12-18)19-13-7-8-14-20(19)23-21/h1-14H. The van der Waals surface area contributed by atoms with Crippen LogP contribution in [0.25, 0.3) is 21.2 Å². The monoisotopic (exact) mass is 310 g/mol. The first-order valence-electron chi connectivity index (χ1n) is 7.56. The van der Waals surface area contributed by atoms with Gasteiger partial charge in [0.15, 0.2) is 0 Å². The van der Waals surface area contributed by atoms with E-state index >= 15 is 0 Å². The summed E-state index contributed by atoms with van der Waals surface area (Å²) in [6, 6.07) is 29.2. The Morgan fingerprint density at radius 1 is 0.609 bits per heavy atom. The van der Waals surface area contributed by atoms with Crippen molar-refractivity contribution in [2.24, 2.45) is 0 Å². The maximum atomic E-state index is 3.39. The fraction of sp³-hybridized carbons (Fsp3) is 0. The van der Waals surface area contributed by atoms with E-state index in [-0.39, 0.29) is 0 Å². The van der Waals surface area contributed by atoms with Gasteiger partial charge < -0.3 is 0 Å². The van der Waals surface area contributed by atoms with Crippen molar-refractivity contribution >= 4 is 21.4 Å². The summed E-state index contributed by atoms with van der Waals surface area (Å²) in [5.41, 5.74) is 3.51. The van der Waals surface area contributed by atoms with E-state index in [2.05, 4.69) is 60.4 Å². The van der Waals surface area contributed by atoms with E-state index in [1.54, 1.807) is 11.3 Å². The van der Waals surface area contributed by atoms with Crippen LogP contribution in [0.3, 0.4) is 0 Å². The molecule has 0 amide bonds. The van der Waals surface area contributed by atoms with Gasteiger partial charge in [-0.05, 0) is 29.7 Å². The molecule has 1 heterocycles. The molecule has 0 aliphatic carbocycles. The third kappa shape index (κ3) is 2.77. The van der Waals surface area contributed by atoms with Gasteiger partial charge in [-0.1, -0.05) is 72.7 Å². The molecule has 0 aliphatic rings. The molecule has 0 atom stereocenters. The molecular formula is C22H14S. The van der Waals surface area contributed by atoms with E-state index < -0.39 is 0 Å². The minimum atomic E-state index is 1.05. The topological polar surface area (TPSA) is 0 Å². The highest BCUT2D eigenvalue weighted by atomic mass is 32.1.